The minimum absolute atomic E-state index is 0.0451. The summed E-state index contributed by atoms with van der Waals surface area (Å²) in [4.78, 5) is 22.1. The monoisotopic (exact) mass is 185 g/mol. The number of Topliss-reactive ketones (excluding diaryl/α,β-unsaturated/α-hetero) is 1. The number of rotatable bonds is 6. The van der Waals surface area contributed by atoms with Crippen molar-refractivity contribution in [3.8, 4) is 0 Å². The first-order chi connectivity index (χ1) is 6.11. The maximum Gasteiger partial charge on any atom is 0.220 e. The van der Waals surface area contributed by atoms with E-state index in [1.54, 1.807) is 6.92 Å². The van der Waals surface area contributed by atoms with Gasteiger partial charge in [-0.15, -0.1) is 0 Å². The summed E-state index contributed by atoms with van der Waals surface area (Å²) in [6.45, 7) is 5.38. The lowest BCUT2D eigenvalue weighted by molar-refractivity contribution is -0.126. The van der Waals surface area contributed by atoms with Crippen LogP contribution in [0.2, 0.25) is 0 Å². The Labute approximate surface area is 79.9 Å². The number of unbranched alkanes of at least 4 members (excludes halogenated alkanes) is 1. The van der Waals surface area contributed by atoms with E-state index in [1.807, 2.05) is 0 Å². The highest BCUT2D eigenvalue weighted by molar-refractivity contribution is 5.87. The molecule has 0 aliphatic heterocycles. The molecule has 1 atom stereocenters. The number of ketones is 1. The van der Waals surface area contributed by atoms with E-state index in [2.05, 4.69) is 12.2 Å². The molecule has 0 saturated heterocycles. The fraction of sp³-hybridized carbons (Fsp3) is 0.800. The fourth-order valence-corrected chi connectivity index (χ4v) is 1.08. The third-order valence-corrected chi connectivity index (χ3v) is 1.99. The molecule has 0 fully saturated rings. The molecule has 0 radical (unpaired) electrons. The van der Waals surface area contributed by atoms with Crippen molar-refractivity contribution in [2.75, 3.05) is 0 Å². The first-order valence-electron chi connectivity index (χ1n) is 4.91. The molecule has 1 N–H and O–H groups in total. The minimum Gasteiger partial charge on any atom is -0.346 e. The van der Waals surface area contributed by atoms with Gasteiger partial charge in [0.1, 0.15) is 0 Å². The molecule has 0 aromatic heterocycles. The topological polar surface area (TPSA) is 46.2 Å². The van der Waals surface area contributed by atoms with E-state index in [-0.39, 0.29) is 17.7 Å². The van der Waals surface area contributed by atoms with Crippen molar-refractivity contribution in [2.45, 2.75) is 52.5 Å². The quantitative estimate of drug-likeness (QED) is 0.684. The van der Waals surface area contributed by atoms with Gasteiger partial charge in [-0.2, -0.15) is 0 Å². The number of nitrogens with one attached hydrogen (secondary N) is 1. The predicted octanol–water partition coefficient (Wildman–Crippen LogP) is 1.66. The summed E-state index contributed by atoms with van der Waals surface area (Å²) in [5.74, 6) is 0.00607. The highest BCUT2D eigenvalue weighted by Gasteiger charge is 2.14. The van der Waals surface area contributed by atoms with Crippen molar-refractivity contribution >= 4 is 11.7 Å². The lowest BCUT2D eigenvalue weighted by Gasteiger charge is -2.14. The van der Waals surface area contributed by atoms with Crippen molar-refractivity contribution in [3.63, 3.8) is 0 Å². The van der Waals surface area contributed by atoms with Crippen LogP contribution in [0, 0.1) is 0 Å². The average Bonchev–Trinajstić information content (AvgIpc) is 2.11. The van der Waals surface area contributed by atoms with Gasteiger partial charge >= 0.3 is 0 Å². The Bertz CT molecular complexity index is 178. The van der Waals surface area contributed by atoms with Gasteiger partial charge in [0.05, 0.1) is 6.04 Å². The van der Waals surface area contributed by atoms with Crippen LogP contribution in [0.5, 0.6) is 0 Å². The zero-order valence-corrected chi connectivity index (χ0v) is 8.72. The SMILES string of the molecule is CCCC[C@H](NC(=O)CC)C(C)=O. The lowest BCUT2D eigenvalue weighted by atomic mass is 10.1. The summed E-state index contributed by atoms with van der Waals surface area (Å²) >= 11 is 0. The van der Waals surface area contributed by atoms with Crippen molar-refractivity contribution < 1.29 is 9.59 Å². The summed E-state index contributed by atoms with van der Waals surface area (Å²) in [6, 6.07) is -0.271. The van der Waals surface area contributed by atoms with Crippen LogP contribution in [0.4, 0.5) is 0 Å². The van der Waals surface area contributed by atoms with Gasteiger partial charge in [0, 0.05) is 6.42 Å². The third-order valence-electron chi connectivity index (χ3n) is 1.99. The van der Waals surface area contributed by atoms with Crippen molar-refractivity contribution in [1.82, 2.24) is 5.32 Å². The van der Waals surface area contributed by atoms with Gasteiger partial charge in [-0.25, -0.2) is 0 Å². The Morgan fingerprint density at radius 2 is 1.92 bits per heavy atom. The molecule has 13 heavy (non-hydrogen) atoms. The second-order valence-electron chi connectivity index (χ2n) is 3.23. The molecule has 0 spiro atoms. The largest absolute Gasteiger partial charge is 0.346 e. The molecule has 3 nitrogen and oxygen atoms in total. The van der Waals surface area contributed by atoms with E-state index in [0.29, 0.717) is 6.42 Å². The molecule has 0 aliphatic carbocycles. The van der Waals surface area contributed by atoms with Crippen LogP contribution in [0.3, 0.4) is 0 Å². The number of hydrogen-bond donors (Lipinski definition) is 1. The van der Waals surface area contributed by atoms with Crippen LogP contribution < -0.4 is 5.32 Å². The van der Waals surface area contributed by atoms with E-state index in [0.717, 1.165) is 19.3 Å². The average molecular weight is 185 g/mol. The Kier molecular flexibility index (Phi) is 6.20. The summed E-state index contributed by atoms with van der Waals surface area (Å²) < 4.78 is 0. The highest BCUT2D eigenvalue weighted by atomic mass is 16.2. The van der Waals surface area contributed by atoms with E-state index in [1.165, 1.54) is 6.92 Å². The fourth-order valence-electron chi connectivity index (χ4n) is 1.08. The normalized spacial score (nSPS) is 12.2. The predicted molar refractivity (Wildman–Crippen MR) is 52.4 cm³/mol. The van der Waals surface area contributed by atoms with Crippen LogP contribution in [0.25, 0.3) is 0 Å². The van der Waals surface area contributed by atoms with Gasteiger partial charge in [0.15, 0.2) is 5.78 Å². The minimum atomic E-state index is -0.271. The van der Waals surface area contributed by atoms with Gasteiger partial charge in [-0.1, -0.05) is 26.7 Å². The smallest absolute Gasteiger partial charge is 0.220 e. The molecule has 0 heterocycles. The highest BCUT2D eigenvalue weighted by Crippen LogP contribution is 2.01. The number of amides is 1. The molecule has 0 unspecified atom stereocenters. The van der Waals surface area contributed by atoms with Crippen LogP contribution in [-0.4, -0.2) is 17.7 Å². The summed E-state index contributed by atoms with van der Waals surface area (Å²) in [5, 5.41) is 2.71. The van der Waals surface area contributed by atoms with E-state index < -0.39 is 0 Å². The maximum absolute atomic E-state index is 11.1. The summed E-state index contributed by atoms with van der Waals surface area (Å²) in [5.41, 5.74) is 0. The standard InChI is InChI=1S/C10H19NO2/c1-4-6-7-9(8(3)12)11-10(13)5-2/h9H,4-7H2,1-3H3,(H,11,13)/t9-/m0/s1. The Balaban J connectivity index is 3.94. The summed E-state index contributed by atoms with van der Waals surface area (Å²) in [7, 11) is 0. The van der Waals surface area contributed by atoms with Crippen LogP contribution in [-0.2, 0) is 9.59 Å². The zero-order valence-electron chi connectivity index (χ0n) is 8.72. The molecule has 0 rings (SSSR count). The maximum atomic E-state index is 11.1. The first-order valence-corrected chi connectivity index (χ1v) is 4.91. The molecule has 0 bridgehead atoms. The van der Waals surface area contributed by atoms with Gasteiger partial charge in [0.2, 0.25) is 5.91 Å². The van der Waals surface area contributed by atoms with Crippen LogP contribution in [0.15, 0.2) is 0 Å². The van der Waals surface area contributed by atoms with Crippen molar-refractivity contribution in [1.29, 1.82) is 0 Å². The molecule has 76 valence electrons. The third kappa shape index (κ3) is 5.39. The molecular weight excluding hydrogens is 166 g/mol. The Morgan fingerprint density at radius 3 is 2.31 bits per heavy atom. The second kappa shape index (κ2) is 6.63. The van der Waals surface area contributed by atoms with Crippen LogP contribution >= 0.6 is 0 Å². The van der Waals surface area contributed by atoms with Gasteiger partial charge in [-0.05, 0) is 13.3 Å². The molecule has 0 aliphatic rings. The van der Waals surface area contributed by atoms with Crippen LogP contribution in [0.1, 0.15) is 46.5 Å². The van der Waals surface area contributed by atoms with Crippen molar-refractivity contribution in [2.24, 2.45) is 0 Å². The molecule has 3 heteroatoms. The van der Waals surface area contributed by atoms with Crippen molar-refractivity contribution in [3.05, 3.63) is 0 Å². The van der Waals surface area contributed by atoms with E-state index >= 15 is 0 Å². The number of carbonyl (C=O) groups excluding carboxylic acids is 2. The second-order valence-corrected chi connectivity index (χ2v) is 3.23. The Hall–Kier alpha value is -0.860. The number of hydrogen-bond acceptors (Lipinski definition) is 2. The zero-order chi connectivity index (χ0) is 10.3. The molecule has 0 saturated carbocycles. The van der Waals surface area contributed by atoms with Gasteiger partial charge in [-0.3, -0.25) is 9.59 Å². The van der Waals surface area contributed by atoms with Gasteiger partial charge in [0.25, 0.3) is 0 Å². The Morgan fingerprint density at radius 1 is 1.31 bits per heavy atom. The van der Waals surface area contributed by atoms with E-state index in [4.69, 9.17) is 0 Å². The van der Waals surface area contributed by atoms with E-state index in [9.17, 15) is 9.59 Å². The molecule has 0 aromatic carbocycles. The lowest BCUT2D eigenvalue weighted by Crippen LogP contribution is -2.39. The molecule has 1 amide bonds. The molecular formula is C10H19NO2. The summed E-state index contributed by atoms with van der Waals surface area (Å²) in [6.07, 6.45) is 3.23. The number of carbonyl (C=O) groups is 2. The van der Waals surface area contributed by atoms with Gasteiger partial charge < -0.3 is 5.32 Å². The molecule has 0 aromatic rings. The first kappa shape index (κ1) is 12.1.